The van der Waals surface area contributed by atoms with Crippen LogP contribution in [0.15, 0.2) is 12.7 Å². The second-order valence-electron chi connectivity index (χ2n) is 5.29. The fourth-order valence-corrected chi connectivity index (χ4v) is 0.474. The lowest BCUT2D eigenvalue weighted by Gasteiger charge is -2.19. The molecule has 0 heterocycles. The highest BCUT2D eigenvalue weighted by molar-refractivity contribution is 5.75. The minimum Gasteiger partial charge on any atom is -0.461 e. The van der Waals surface area contributed by atoms with Crippen LogP contribution < -0.4 is 0 Å². The number of carbonyl (C=O) groups excluding carboxylic acids is 2. The van der Waals surface area contributed by atoms with E-state index in [0.717, 1.165) is 12.8 Å². The molecule has 0 radical (unpaired) electrons. The van der Waals surface area contributed by atoms with Gasteiger partial charge < -0.3 is 14.6 Å². The van der Waals surface area contributed by atoms with E-state index >= 15 is 0 Å². The Morgan fingerprint density at radius 3 is 1.48 bits per heavy atom. The molecule has 0 aromatic rings. The van der Waals surface area contributed by atoms with Gasteiger partial charge in [0.05, 0.1) is 11.0 Å². The van der Waals surface area contributed by atoms with Crippen LogP contribution in [0.4, 0.5) is 0 Å². The predicted octanol–water partition coefficient (Wildman–Crippen LogP) is 5.68. The summed E-state index contributed by atoms with van der Waals surface area (Å²) in [5.74, 6) is -0.153. The number of carbonyl (C=O) groups is 2. The van der Waals surface area contributed by atoms with Crippen LogP contribution in [0.25, 0.3) is 0 Å². The highest BCUT2D eigenvalue weighted by Gasteiger charge is 2.26. The molecule has 0 aromatic carbocycles. The first kappa shape index (κ1) is 43.1. The van der Waals surface area contributed by atoms with Crippen LogP contribution in [-0.4, -0.2) is 30.1 Å². The van der Waals surface area contributed by atoms with Gasteiger partial charge in [-0.05, 0) is 40.5 Å². The maximum atomic E-state index is 11.2. The number of hydrogen-bond donors (Lipinski definition) is 1. The van der Waals surface area contributed by atoms with Gasteiger partial charge in [0.2, 0.25) is 0 Å². The molecule has 0 saturated heterocycles. The van der Waals surface area contributed by atoms with E-state index in [-0.39, 0.29) is 41.1 Å². The van der Waals surface area contributed by atoms with E-state index in [2.05, 4.69) is 6.58 Å². The number of aliphatic hydroxyl groups is 1. The zero-order chi connectivity index (χ0) is 16.1. The van der Waals surface area contributed by atoms with E-state index in [4.69, 9.17) is 14.6 Å². The minimum absolute atomic E-state index is 0. The summed E-state index contributed by atoms with van der Waals surface area (Å²) >= 11 is 0. The summed E-state index contributed by atoms with van der Waals surface area (Å²) in [4.78, 5) is 19.2. The molecule has 0 rings (SSSR count). The molecule has 0 aliphatic heterocycles. The maximum absolute atomic E-state index is 11.2. The van der Waals surface area contributed by atoms with Crippen molar-refractivity contribution in [2.75, 3.05) is 6.61 Å². The van der Waals surface area contributed by atoms with Crippen molar-refractivity contribution in [1.82, 2.24) is 0 Å². The van der Waals surface area contributed by atoms with Crippen LogP contribution >= 0.6 is 0 Å². The van der Waals surface area contributed by atoms with Crippen molar-refractivity contribution < 1.29 is 19.4 Å². The molecule has 0 spiro atoms. The van der Waals surface area contributed by atoms with Crippen molar-refractivity contribution in [2.45, 2.75) is 89.7 Å². The summed E-state index contributed by atoms with van der Waals surface area (Å²) in [6.07, 6.45) is 3.19. The maximum Gasteiger partial charge on any atom is 0.311 e. The zero-order valence-electron chi connectivity index (χ0n) is 13.3. The van der Waals surface area contributed by atoms with Crippen LogP contribution in [0.1, 0.15) is 84.1 Å². The molecule has 0 amide bonds. The third-order valence-corrected chi connectivity index (χ3v) is 2.63. The van der Waals surface area contributed by atoms with E-state index in [9.17, 15) is 4.79 Å². The van der Waals surface area contributed by atoms with E-state index in [1.165, 1.54) is 0 Å². The molecule has 0 bridgehead atoms. The summed E-state index contributed by atoms with van der Waals surface area (Å²) in [6, 6.07) is 0. The van der Waals surface area contributed by atoms with Gasteiger partial charge in [-0.1, -0.05) is 56.2 Å². The normalized spacial score (nSPS) is 8.48. The van der Waals surface area contributed by atoms with Crippen molar-refractivity contribution in [3.05, 3.63) is 12.7 Å². The van der Waals surface area contributed by atoms with E-state index in [0.29, 0.717) is 6.61 Å². The van der Waals surface area contributed by atoms with Crippen LogP contribution in [0.3, 0.4) is 0 Å². The molecule has 4 nitrogen and oxygen atoms in total. The van der Waals surface area contributed by atoms with Gasteiger partial charge in [0.1, 0.15) is 13.4 Å². The molecule has 1 N–H and O–H groups in total. The zero-order valence-corrected chi connectivity index (χ0v) is 13.3. The Labute approximate surface area is 147 Å². The summed E-state index contributed by atoms with van der Waals surface area (Å²) in [5.41, 5.74) is -0.816. The third-order valence-electron chi connectivity index (χ3n) is 2.63. The second-order valence-corrected chi connectivity index (χ2v) is 5.29. The van der Waals surface area contributed by atoms with E-state index in [1.54, 1.807) is 19.9 Å². The first-order valence-electron chi connectivity index (χ1n) is 6.40. The topological polar surface area (TPSA) is 63.6 Å². The quantitative estimate of drug-likeness (QED) is 0.517. The molecule has 0 unspecified atom stereocenters. The Kier molecular flexibility index (Phi) is 43.3. The summed E-state index contributed by atoms with van der Waals surface area (Å²) < 4.78 is 4.89. The molecule has 0 saturated carbocycles. The summed E-state index contributed by atoms with van der Waals surface area (Å²) in [6.45, 7) is 17.0. The van der Waals surface area contributed by atoms with Gasteiger partial charge in [-0.25, -0.2) is 0 Å². The molecular formula is C19H46O4. The van der Waals surface area contributed by atoms with Crippen LogP contribution in [0.2, 0.25) is 0 Å². The van der Waals surface area contributed by atoms with Gasteiger partial charge in [-0.3, -0.25) is 4.79 Å². The van der Waals surface area contributed by atoms with Gasteiger partial charge in [-0.15, -0.1) is 0 Å². The van der Waals surface area contributed by atoms with Gasteiger partial charge in [0, 0.05) is 0 Å². The van der Waals surface area contributed by atoms with Crippen LogP contribution in [0, 0.1) is 5.41 Å². The van der Waals surface area contributed by atoms with Crippen molar-refractivity contribution in [3.63, 3.8) is 0 Å². The molecule has 23 heavy (non-hydrogen) atoms. The van der Waals surface area contributed by atoms with Crippen molar-refractivity contribution in [3.8, 4) is 0 Å². The minimum atomic E-state index is -0.458. The molecule has 0 aliphatic carbocycles. The fourth-order valence-electron chi connectivity index (χ4n) is 0.474. The monoisotopic (exact) mass is 338 g/mol. The van der Waals surface area contributed by atoms with Crippen molar-refractivity contribution in [2.24, 2.45) is 5.41 Å². The number of hydrogen-bond acceptors (Lipinski definition) is 4. The number of rotatable bonds is 5. The molecule has 0 aromatic heterocycles. The summed E-state index contributed by atoms with van der Waals surface area (Å²) in [7, 11) is 0. The summed E-state index contributed by atoms with van der Waals surface area (Å²) in [5, 5.41) is 8.83. The fraction of sp³-hybridized carbons (Fsp3) is 0.789. The lowest BCUT2D eigenvalue weighted by molar-refractivity contribution is -0.152. The van der Waals surface area contributed by atoms with E-state index < -0.39 is 5.60 Å². The van der Waals surface area contributed by atoms with Crippen LogP contribution in [0.5, 0.6) is 0 Å². The van der Waals surface area contributed by atoms with Gasteiger partial charge in [0.25, 0.3) is 0 Å². The Balaban J connectivity index is -0.0000000376. The van der Waals surface area contributed by atoms with Gasteiger partial charge in [-0.2, -0.15) is 0 Å². The standard InChI is InChI=1S/C9H16O2.C5H12O.CH2O.4CH4/c1-5-7-11-8(10)9(3,4)6-2;1-4-5(2,3)6;1-2;;;;/h5H,1,6-7H2,2-4H3;6H,4H2,1-3H3;1H2;4*1H4. The lowest BCUT2D eigenvalue weighted by atomic mass is 9.91. The van der Waals surface area contributed by atoms with Gasteiger partial charge >= 0.3 is 5.97 Å². The lowest BCUT2D eigenvalue weighted by Crippen LogP contribution is -2.25. The molecule has 4 heteroatoms. The number of ether oxygens (including phenoxy) is 1. The molecular weight excluding hydrogens is 292 g/mol. The second kappa shape index (κ2) is 23.1. The first-order chi connectivity index (χ1) is 8.60. The average molecular weight is 339 g/mol. The van der Waals surface area contributed by atoms with Crippen LogP contribution in [-0.2, 0) is 14.3 Å². The SMILES string of the molecule is C.C.C.C.C=CCOC(=O)C(C)(C)CC.C=O.CCC(C)(C)O. The van der Waals surface area contributed by atoms with Crippen molar-refractivity contribution in [1.29, 1.82) is 0 Å². The van der Waals surface area contributed by atoms with E-state index in [1.807, 2.05) is 34.5 Å². The average Bonchev–Trinajstić information content (AvgIpc) is 2.38. The highest BCUT2D eigenvalue weighted by atomic mass is 16.5. The highest BCUT2D eigenvalue weighted by Crippen LogP contribution is 2.21. The molecule has 146 valence electrons. The Morgan fingerprint density at radius 2 is 1.30 bits per heavy atom. The third kappa shape index (κ3) is 33.6. The van der Waals surface area contributed by atoms with Gasteiger partial charge in [0.15, 0.2) is 0 Å². The molecule has 0 fully saturated rings. The predicted molar refractivity (Wildman–Crippen MR) is 106 cm³/mol. The Hall–Kier alpha value is -1.16. The first-order valence-corrected chi connectivity index (χ1v) is 6.40. The molecule has 0 atom stereocenters. The molecule has 0 aliphatic rings. The largest absolute Gasteiger partial charge is 0.461 e. The Bertz CT molecular complexity index is 240. The smallest absolute Gasteiger partial charge is 0.311 e. The van der Waals surface area contributed by atoms with Crippen molar-refractivity contribution >= 4 is 12.8 Å². The Morgan fingerprint density at radius 1 is 1.00 bits per heavy atom. The number of esters is 1.